The summed E-state index contributed by atoms with van der Waals surface area (Å²) in [7, 11) is -3.00. The Morgan fingerprint density at radius 1 is 1.05 bits per heavy atom. The smallest absolute Gasteiger partial charge is 0.383 e. The number of carbonyl (C=O) groups excluding carboxylic acids is 1. The van der Waals surface area contributed by atoms with Crippen LogP contribution in [-0.4, -0.2) is 39.1 Å². The fourth-order valence-corrected chi connectivity index (χ4v) is 8.33. The van der Waals surface area contributed by atoms with Crippen LogP contribution in [-0.2, 0) is 14.5 Å². The van der Waals surface area contributed by atoms with Crippen molar-refractivity contribution in [1.29, 1.82) is 4.78 Å². The summed E-state index contributed by atoms with van der Waals surface area (Å²) < 4.78 is 90.9. The molecule has 2 fully saturated rings. The van der Waals surface area contributed by atoms with Crippen molar-refractivity contribution in [2.75, 3.05) is 6.26 Å². The largest absolute Gasteiger partial charge is 0.456 e. The lowest BCUT2D eigenvalue weighted by Gasteiger charge is -2.56. The van der Waals surface area contributed by atoms with Crippen molar-refractivity contribution in [2.45, 2.75) is 80.4 Å². The fraction of sp³-hybridized carbons (Fsp3) is 0.593. The second-order valence-electron chi connectivity index (χ2n) is 11.4. The zero-order valence-corrected chi connectivity index (χ0v) is 21.4. The van der Waals surface area contributed by atoms with Gasteiger partial charge in [-0.1, -0.05) is 24.6 Å². The Bertz CT molecular complexity index is 1310. The van der Waals surface area contributed by atoms with Gasteiger partial charge in [0.1, 0.15) is 5.60 Å². The maximum Gasteiger partial charge on any atom is 0.456 e. The van der Waals surface area contributed by atoms with Crippen LogP contribution < -0.4 is 0 Å². The number of hydrogen-bond donors (Lipinski definition) is 2. The predicted octanol–water partition coefficient (Wildman–Crippen LogP) is 6.55. The van der Waals surface area contributed by atoms with Crippen LogP contribution in [0.4, 0.5) is 22.0 Å². The summed E-state index contributed by atoms with van der Waals surface area (Å²) in [5, 5.41) is 11.3. The van der Waals surface area contributed by atoms with Crippen LogP contribution in [0.3, 0.4) is 0 Å². The topological polar surface area (TPSA) is 78.2 Å². The van der Waals surface area contributed by atoms with Gasteiger partial charge >= 0.3 is 12.1 Å². The van der Waals surface area contributed by atoms with Crippen molar-refractivity contribution >= 4 is 15.5 Å². The highest BCUT2D eigenvalue weighted by molar-refractivity contribution is 7.91. The number of alkyl halides is 5. The first kappa shape index (κ1) is 26.5. The molecule has 2 N–H and O–H groups in total. The molecule has 202 valence electrons. The predicted molar refractivity (Wildman–Crippen MR) is 128 cm³/mol. The first-order chi connectivity index (χ1) is 17.0. The number of benzene rings is 1. The third-order valence-electron chi connectivity index (χ3n) is 9.49. The minimum absolute atomic E-state index is 0.0209. The normalized spacial score (nSPS) is 35.8. The van der Waals surface area contributed by atoms with Crippen LogP contribution in [0.25, 0.3) is 0 Å². The second-order valence-corrected chi connectivity index (χ2v) is 13.5. The maximum absolute atomic E-state index is 15.0. The highest BCUT2D eigenvalue weighted by atomic mass is 32.2. The van der Waals surface area contributed by atoms with Crippen LogP contribution in [0.5, 0.6) is 0 Å². The van der Waals surface area contributed by atoms with Gasteiger partial charge in [0, 0.05) is 28.9 Å². The molecule has 0 amide bonds. The van der Waals surface area contributed by atoms with Gasteiger partial charge in [-0.3, -0.25) is 4.79 Å². The lowest BCUT2D eigenvalue weighted by molar-refractivity contribution is -0.362. The number of ketones is 1. The van der Waals surface area contributed by atoms with E-state index in [4.69, 9.17) is 4.78 Å². The summed E-state index contributed by atoms with van der Waals surface area (Å²) in [5.41, 5.74) is -1.45. The molecule has 0 saturated heterocycles. The van der Waals surface area contributed by atoms with Gasteiger partial charge in [0.2, 0.25) is 0 Å². The molecule has 1 aromatic carbocycles. The number of halogens is 5. The van der Waals surface area contributed by atoms with Gasteiger partial charge in [-0.2, -0.15) is 22.0 Å². The Balaban J connectivity index is 1.69. The molecule has 10 heteroatoms. The van der Waals surface area contributed by atoms with Crippen molar-refractivity contribution < 1.29 is 36.1 Å². The molecule has 2 saturated carbocycles. The molecule has 0 heterocycles. The summed E-state index contributed by atoms with van der Waals surface area (Å²) in [5.74, 6) is -6.68. The minimum Gasteiger partial charge on any atom is -0.383 e. The number of fused-ring (bicyclic) bond motifs is 4. The SMILES string of the molecule is C[C@]12C[C@H](c3ccc(S(C)(=N)=O)cc3)C3=C4CCC(=O)C=C4CC[C@H]3[C@@H]1CC[C@@]2(O)C(F)(F)C(F)(F)F. The van der Waals surface area contributed by atoms with Crippen molar-refractivity contribution in [3.05, 3.63) is 52.6 Å². The number of hydrogen-bond acceptors (Lipinski definition) is 4. The van der Waals surface area contributed by atoms with E-state index in [0.29, 0.717) is 36.1 Å². The second kappa shape index (κ2) is 8.21. The highest BCUT2D eigenvalue weighted by Crippen LogP contribution is 2.70. The molecule has 4 aliphatic carbocycles. The van der Waals surface area contributed by atoms with Crippen molar-refractivity contribution in [1.82, 2.24) is 0 Å². The van der Waals surface area contributed by atoms with E-state index in [0.717, 1.165) is 16.7 Å². The molecule has 5 rings (SSSR count). The zero-order valence-electron chi connectivity index (χ0n) is 20.6. The van der Waals surface area contributed by atoms with Crippen molar-refractivity contribution in [3.8, 4) is 0 Å². The summed E-state index contributed by atoms with van der Waals surface area (Å²) in [4.78, 5) is 12.4. The maximum atomic E-state index is 15.0. The number of nitrogens with one attached hydrogen (secondary N) is 1. The Morgan fingerprint density at radius 3 is 2.30 bits per heavy atom. The summed E-state index contributed by atoms with van der Waals surface area (Å²) in [6.07, 6.45) is -1.83. The van der Waals surface area contributed by atoms with E-state index >= 15 is 0 Å². The van der Waals surface area contributed by atoms with Gasteiger partial charge < -0.3 is 5.11 Å². The molecule has 1 unspecified atom stereocenters. The van der Waals surface area contributed by atoms with Gasteiger partial charge in [0.05, 0.1) is 9.73 Å². The molecule has 37 heavy (non-hydrogen) atoms. The van der Waals surface area contributed by atoms with E-state index in [2.05, 4.69) is 0 Å². The fourth-order valence-electron chi connectivity index (χ4n) is 7.67. The molecule has 0 aromatic heterocycles. The van der Waals surface area contributed by atoms with Crippen LogP contribution in [0.2, 0.25) is 0 Å². The molecule has 0 radical (unpaired) electrons. The molecule has 6 atom stereocenters. The number of aliphatic hydroxyl groups is 1. The highest BCUT2D eigenvalue weighted by Gasteiger charge is 2.79. The van der Waals surface area contributed by atoms with Crippen LogP contribution in [0.15, 0.2) is 52.0 Å². The number of allylic oxidation sites excluding steroid dienone is 4. The molecule has 4 nitrogen and oxygen atoms in total. The van der Waals surface area contributed by atoms with Gasteiger partial charge in [-0.05, 0) is 85.3 Å². The van der Waals surface area contributed by atoms with Crippen molar-refractivity contribution in [3.63, 3.8) is 0 Å². The third-order valence-corrected chi connectivity index (χ3v) is 10.7. The molecular formula is C27H30F5NO3S. The van der Waals surface area contributed by atoms with Gasteiger partial charge in [0.15, 0.2) is 5.78 Å². The number of rotatable bonds is 3. The Morgan fingerprint density at radius 2 is 1.70 bits per heavy atom. The monoisotopic (exact) mass is 543 g/mol. The summed E-state index contributed by atoms with van der Waals surface area (Å²) >= 11 is 0. The molecule has 1 aromatic rings. The third kappa shape index (κ3) is 3.76. The van der Waals surface area contributed by atoms with Crippen LogP contribution in [0.1, 0.15) is 63.4 Å². The van der Waals surface area contributed by atoms with E-state index in [1.165, 1.54) is 25.3 Å². The van der Waals surface area contributed by atoms with Gasteiger partial charge in [-0.15, -0.1) is 0 Å². The summed E-state index contributed by atoms with van der Waals surface area (Å²) in [6.45, 7) is 1.38. The lowest BCUT2D eigenvalue weighted by atomic mass is 9.50. The van der Waals surface area contributed by atoms with Crippen LogP contribution in [0, 0.1) is 22.0 Å². The first-order valence-electron chi connectivity index (χ1n) is 12.5. The van der Waals surface area contributed by atoms with Gasteiger partial charge in [0.25, 0.3) is 0 Å². The van der Waals surface area contributed by atoms with Crippen molar-refractivity contribution in [2.24, 2.45) is 17.3 Å². The lowest BCUT2D eigenvalue weighted by Crippen LogP contribution is -2.65. The molecular weight excluding hydrogens is 513 g/mol. The Kier molecular flexibility index (Phi) is 5.89. The first-order valence-corrected chi connectivity index (χ1v) is 14.5. The Labute approximate surface area is 213 Å². The average molecular weight is 544 g/mol. The zero-order chi connectivity index (χ0) is 27.2. The standard InChI is InChI=1S/C27H30F5NO3S/c1-24-14-21(15-3-7-18(8-4-15)37(2,33)36)23-19-10-6-17(34)13-16(19)5-9-20(23)22(24)11-12-25(24,35)26(28,29)27(30,31)32/h3-4,7-8,13,20-22,33,35H,5-6,9-12,14H2,1-2H3/t20-,21+,22-,24-,25-,37?/m0/s1. The average Bonchev–Trinajstić information content (AvgIpc) is 3.09. The Hall–Kier alpha value is -2.07. The molecule has 0 spiro atoms. The molecule has 0 aliphatic heterocycles. The van der Waals surface area contributed by atoms with E-state index in [-0.39, 0.29) is 24.5 Å². The van der Waals surface area contributed by atoms with E-state index in [9.17, 15) is 36.1 Å². The molecule has 4 aliphatic rings. The molecule has 0 bridgehead atoms. The van der Waals surface area contributed by atoms with Gasteiger partial charge in [-0.25, -0.2) is 8.99 Å². The van der Waals surface area contributed by atoms with E-state index < -0.39 is 51.1 Å². The van der Waals surface area contributed by atoms with E-state index in [1.807, 2.05) is 0 Å². The van der Waals surface area contributed by atoms with E-state index in [1.54, 1.807) is 18.2 Å². The minimum atomic E-state index is -5.89. The van der Waals surface area contributed by atoms with Crippen LogP contribution >= 0.6 is 0 Å². The quantitative estimate of drug-likeness (QED) is 0.425. The number of carbonyl (C=O) groups is 1. The summed E-state index contributed by atoms with van der Waals surface area (Å²) in [6, 6.07) is 6.39.